The van der Waals surface area contributed by atoms with Gasteiger partial charge in [-0.1, -0.05) is 75.5 Å². The Labute approximate surface area is 138 Å². The molecule has 114 valence electrons. The number of rotatable bonds is 2. The van der Waals surface area contributed by atoms with Crippen LogP contribution in [0.15, 0.2) is 71.3 Å². The minimum absolute atomic E-state index is 0.134. The first-order chi connectivity index (χ1) is 10.3. The lowest BCUT2D eigenvalue weighted by Gasteiger charge is -2.16. The predicted molar refractivity (Wildman–Crippen MR) is 105 cm³/mol. The molecule has 0 radical (unpaired) electrons. The van der Waals surface area contributed by atoms with Crippen molar-refractivity contribution in [2.75, 3.05) is 0 Å². The van der Waals surface area contributed by atoms with Crippen molar-refractivity contribution in [1.82, 2.24) is 0 Å². The second-order valence-corrected chi connectivity index (χ2v) is 7.59. The van der Waals surface area contributed by atoms with Gasteiger partial charge < -0.3 is 0 Å². The molecule has 0 aromatic heterocycles. The van der Waals surface area contributed by atoms with E-state index in [1.807, 2.05) is 0 Å². The van der Waals surface area contributed by atoms with Gasteiger partial charge in [0, 0.05) is 0 Å². The smallest absolute Gasteiger partial charge is 0.113 e. The van der Waals surface area contributed by atoms with E-state index < -0.39 is 0 Å². The molecular weight excluding hydrogens is 262 g/mol. The van der Waals surface area contributed by atoms with Crippen LogP contribution < -0.4 is 0 Å². The van der Waals surface area contributed by atoms with Crippen LogP contribution in [0, 0.1) is 11.8 Å². The van der Waals surface area contributed by atoms with E-state index in [1.54, 1.807) is 0 Å². The molecule has 2 rings (SSSR count). The highest BCUT2D eigenvalue weighted by atomic mass is 14.1. The molecule has 0 N–H and O–H groups in total. The molecule has 0 aliphatic heterocycles. The van der Waals surface area contributed by atoms with Gasteiger partial charge in [0.05, 0.1) is 0 Å². The molecule has 0 fully saturated rings. The Morgan fingerprint density at radius 1 is 1.18 bits per heavy atom. The van der Waals surface area contributed by atoms with Crippen molar-refractivity contribution >= 4 is 15.7 Å². The zero-order valence-electron chi connectivity index (χ0n) is 14.8. The van der Waals surface area contributed by atoms with Crippen molar-refractivity contribution in [2.24, 2.45) is 11.8 Å². The van der Waals surface area contributed by atoms with E-state index in [4.69, 9.17) is 0 Å². The predicted octanol–water partition coefficient (Wildman–Crippen LogP) is 3.92. The normalized spacial score (nSPS) is 38.4. The van der Waals surface area contributed by atoms with E-state index in [0.717, 1.165) is 12.8 Å². The van der Waals surface area contributed by atoms with E-state index in [1.165, 1.54) is 16.6 Å². The highest BCUT2D eigenvalue weighted by Crippen LogP contribution is 2.31. The molecule has 22 heavy (non-hydrogen) atoms. The summed E-state index contributed by atoms with van der Waals surface area (Å²) in [6, 6.07) is 0. The van der Waals surface area contributed by atoms with Gasteiger partial charge in [-0.15, -0.1) is 5.47 Å². The van der Waals surface area contributed by atoms with Gasteiger partial charge in [0.2, 0.25) is 0 Å². The Bertz CT molecular complexity index is 583. The molecule has 3 unspecified atom stereocenters. The first-order valence-corrected chi connectivity index (χ1v) is 8.48. The van der Waals surface area contributed by atoms with Crippen molar-refractivity contribution in [3.05, 3.63) is 71.3 Å². The first kappa shape index (κ1) is 16.9. The summed E-state index contributed by atoms with van der Waals surface area (Å²) in [5.74, 6) is 1.12. The topological polar surface area (TPSA) is 0 Å². The largest absolute Gasteiger partial charge is 0.133 e. The molecule has 2 aliphatic rings. The third kappa shape index (κ3) is 5.40. The quantitative estimate of drug-likeness (QED) is 0.676. The maximum Gasteiger partial charge on any atom is 0.133 e. The first-order valence-electron chi connectivity index (χ1n) is 8.48. The van der Waals surface area contributed by atoms with Crippen molar-refractivity contribution in [2.45, 2.75) is 38.9 Å². The van der Waals surface area contributed by atoms with Gasteiger partial charge in [0.15, 0.2) is 0 Å². The number of hydrogen-bond donors (Lipinski definition) is 0. The van der Waals surface area contributed by atoms with Gasteiger partial charge in [-0.05, 0) is 41.1 Å². The minimum Gasteiger partial charge on any atom is -0.113 e. The van der Waals surface area contributed by atoms with Crippen LogP contribution in [0.25, 0.3) is 0 Å². The van der Waals surface area contributed by atoms with E-state index in [2.05, 4.69) is 91.1 Å². The van der Waals surface area contributed by atoms with Crippen LogP contribution in [-0.2, 0) is 0 Å². The van der Waals surface area contributed by atoms with E-state index in [0.29, 0.717) is 11.8 Å². The third-order valence-corrected chi connectivity index (χ3v) is 4.24. The van der Waals surface area contributed by atoms with E-state index >= 15 is 0 Å². The number of hydrogen-bond acceptors (Lipinski definition) is 0. The second-order valence-electron chi connectivity index (χ2n) is 7.59. The second kappa shape index (κ2) is 7.22. The third-order valence-electron chi connectivity index (χ3n) is 4.24. The summed E-state index contributed by atoms with van der Waals surface area (Å²) in [4.78, 5) is 0. The molecule has 0 nitrogen and oxygen atoms in total. The van der Waals surface area contributed by atoms with Gasteiger partial charge in [-0.3, -0.25) is 0 Å². The highest BCUT2D eigenvalue weighted by Gasteiger charge is 2.14. The summed E-state index contributed by atoms with van der Waals surface area (Å²) in [5, 5.41) is 0.134. The van der Waals surface area contributed by atoms with Crippen molar-refractivity contribution in [1.29, 1.82) is 0 Å². The van der Waals surface area contributed by atoms with Gasteiger partial charge in [0.25, 0.3) is 0 Å². The lowest BCUT2D eigenvalue weighted by molar-refractivity contribution is 0.726. The monoisotopic (exact) mass is 290 g/mol. The molecule has 0 bridgehead atoms. The summed E-state index contributed by atoms with van der Waals surface area (Å²) in [6.45, 7) is 6.83. The van der Waals surface area contributed by atoms with Crippen LogP contribution in [0.4, 0.5) is 0 Å². The van der Waals surface area contributed by atoms with Crippen LogP contribution in [0.1, 0.15) is 33.6 Å². The summed E-state index contributed by atoms with van der Waals surface area (Å²) in [7, 11) is 4.55. The zero-order chi connectivity index (χ0) is 16.2. The van der Waals surface area contributed by atoms with Crippen LogP contribution >= 0.6 is 0 Å². The maximum absolute atomic E-state index is 2.45. The Balaban J connectivity index is 2.22. The molecule has 2 heteroatoms. The van der Waals surface area contributed by atoms with E-state index in [9.17, 15) is 0 Å². The van der Waals surface area contributed by atoms with Crippen molar-refractivity contribution in [3.63, 3.8) is 0 Å². The Hall–Kier alpha value is -1.43. The molecule has 2 aliphatic carbocycles. The van der Waals surface area contributed by atoms with Crippen LogP contribution in [-0.4, -0.2) is 15.7 Å². The fourth-order valence-corrected chi connectivity index (χ4v) is 3.27. The van der Waals surface area contributed by atoms with Crippen LogP contribution in [0.2, 0.25) is 5.31 Å². The van der Waals surface area contributed by atoms with Gasteiger partial charge >= 0.3 is 0 Å². The lowest BCUT2D eigenvalue weighted by atomic mass is 9.67. The lowest BCUT2D eigenvalue weighted by Crippen LogP contribution is -2.02. The molecule has 0 amide bonds. The summed E-state index contributed by atoms with van der Waals surface area (Å²) < 4.78 is 0. The fraction of sp³-hybridized carbons (Fsp3) is 0.400. The minimum atomic E-state index is 0.134. The maximum atomic E-state index is 2.45. The van der Waals surface area contributed by atoms with Crippen LogP contribution in [0.3, 0.4) is 0 Å². The zero-order valence-corrected chi connectivity index (χ0v) is 14.8. The molecule has 0 heterocycles. The summed E-state index contributed by atoms with van der Waals surface area (Å²) in [6.07, 6.45) is 23.0. The molecule has 0 saturated heterocycles. The Morgan fingerprint density at radius 3 is 2.73 bits per heavy atom. The SMILES string of the molecule is B/C1=C/C(B)(C)/C=C\C(CC2=CC=CC(C)C=C2)=C/C(C)C1. The van der Waals surface area contributed by atoms with Crippen LogP contribution in [0.5, 0.6) is 0 Å². The highest BCUT2D eigenvalue weighted by molar-refractivity contribution is 6.24. The van der Waals surface area contributed by atoms with Gasteiger partial charge in [-0.25, -0.2) is 0 Å². The van der Waals surface area contributed by atoms with E-state index in [-0.39, 0.29) is 5.31 Å². The Morgan fingerprint density at radius 2 is 1.95 bits per heavy atom. The Kier molecular flexibility index (Phi) is 5.56. The van der Waals surface area contributed by atoms with Gasteiger partial charge in [-0.2, -0.15) is 0 Å². The molecule has 3 atom stereocenters. The summed E-state index contributed by atoms with van der Waals surface area (Å²) in [5.41, 5.74) is 4.32. The molecule has 0 aromatic carbocycles. The molecular formula is C20H28B2. The fourth-order valence-electron chi connectivity index (χ4n) is 3.27. The standard InChI is InChI=1S/C20H28B2/c1-15-5-4-6-17(8-7-15)13-18-9-10-20(3,22)14-19(21)12-16(2)11-18/h4-11,14-16H,12-13,21-22H2,1-3H3/b10-9-,18-11+,19-14+. The summed E-state index contributed by atoms with van der Waals surface area (Å²) >= 11 is 0. The van der Waals surface area contributed by atoms with Gasteiger partial charge in [0.1, 0.15) is 15.7 Å². The molecule has 0 spiro atoms. The molecule has 0 saturated carbocycles. The number of allylic oxidation sites excluding steroid dienone is 12. The molecule has 0 aromatic rings. The average molecular weight is 290 g/mol. The van der Waals surface area contributed by atoms with Crippen molar-refractivity contribution < 1.29 is 0 Å². The average Bonchev–Trinajstić information content (AvgIpc) is 2.57. The van der Waals surface area contributed by atoms with Crippen molar-refractivity contribution in [3.8, 4) is 0 Å².